The number of carbonyl (C=O) groups excluding carboxylic acids is 2. The lowest BCUT2D eigenvalue weighted by Gasteiger charge is -2.15. The first kappa shape index (κ1) is 18.3. The van der Waals surface area contributed by atoms with E-state index in [1.54, 1.807) is 25.1 Å². The van der Waals surface area contributed by atoms with E-state index in [2.05, 4.69) is 5.32 Å². The second kappa shape index (κ2) is 7.03. The molecule has 3 rings (SSSR count). The number of hydrogen-bond donors (Lipinski definition) is 2. The van der Waals surface area contributed by atoms with Crippen LogP contribution in [0.5, 0.6) is 5.75 Å². The number of aryl methyl sites for hydroxylation is 1. The zero-order valence-corrected chi connectivity index (χ0v) is 14.1. The topological polar surface area (TPSA) is 88.8 Å². The Morgan fingerprint density at radius 3 is 2.77 bits per heavy atom. The normalized spacial score (nSPS) is 16.5. The van der Waals surface area contributed by atoms with Gasteiger partial charge in [0.15, 0.2) is 0 Å². The summed E-state index contributed by atoms with van der Waals surface area (Å²) in [5.41, 5.74) is -0.429. The van der Waals surface area contributed by atoms with Crippen molar-refractivity contribution in [1.82, 2.24) is 5.32 Å². The second-order valence-electron chi connectivity index (χ2n) is 6.54. The largest absolute Gasteiger partial charge is 0.493 e. The smallest absolute Gasteiger partial charge is 0.256 e. The van der Waals surface area contributed by atoms with E-state index in [0.717, 1.165) is 0 Å². The molecule has 1 aromatic carbocycles. The third-order valence-corrected chi connectivity index (χ3v) is 4.62. The lowest BCUT2D eigenvalue weighted by molar-refractivity contribution is -0.110. The molecule has 2 N–H and O–H groups in total. The monoisotopic (exact) mass is 367 g/mol. The molecule has 0 saturated heterocycles. The van der Waals surface area contributed by atoms with Crippen molar-refractivity contribution in [2.24, 2.45) is 5.41 Å². The van der Waals surface area contributed by atoms with Crippen molar-refractivity contribution in [2.75, 3.05) is 13.2 Å². The molecule has 1 saturated carbocycles. The van der Waals surface area contributed by atoms with Crippen LogP contribution in [0.4, 0.5) is 8.78 Å². The summed E-state index contributed by atoms with van der Waals surface area (Å²) < 4.78 is 37.0. The molecule has 1 aliphatic rings. The quantitative estimate of drug-likeness (QED) is 0.700. The zero-order valence-electron chi connectivity index (χ0n) is 14.1. The molecule has 0 spiro atoms. The lowest BCUT2D eigenvalue weighted by atomic mass is 10.1. The van der Waals surface area contributed by atoms with Crippen LogP contribution in [0, 0.1) is 12.3 Å². The summed E-state index contributed by atoms with van der Waals surface area (Å²) in [4.78, 5) is 23.2. The van der Waals surface area contributed by atoms with E-state index < -0.39 is 30.4 Å². The average molecular weight is 367 g/mol. The summed E-state index contributed by atoms with van der Waals surface area (Å²) in [6.45, 7) is 0.987. The van der Waals surface area contributed by atoms with Crippen LogP contribution in [0.1, 0.15) is 29.0 Å². The van der Waals surface area contributed by atoms with Crippen LogP contribution in [0.3, 0.4) is 0 Å². The predicted molar refractivity (Wildman–Crippen MR) is 88.5 cm³/mol. The van der Waals surface area contributed by atoms with Gasteiger partial charge in [-0.25, -0.2) is 8.78 Å². The van der Waals surface area contributed by atoms with E-state index in [-0.39, 0.29) is 12.2 Å². The summed E-state index contributed by atoms with van der Waals surface area (Å²) >= 11 is 0. The first-order valence-electron chi connectivity index (χ1n) is 8.21. The van der Waals surface area contributed by atoms with E-state index in [1.807, 2.05) is 0 Å². The number of carbonyl (C=O) groups is 2. The Bertz CT molecular complexity index is 828. The van der Waals surface area contributed by atoms with Crippen LogP contribution in [-0.2, 0) is 4.79 Å². The number of halogens is 2. The van der Waals surface area contributed by atoms with Crippen molar-refractivity contribution >= 4 is 23.2 Å². The molecule has 1 heterocycles. The van der Waals surface area contributed by atoms with E-state index >= 15 is 0 Å². The highest BCUT2D eigenvalue weighted by molar-refractivity contribution is 6.08. The van der Waals surface area contributed by atoms with Gasteiger partial charge in [-0.05, 0) is 38.0 Å². The minimum Gasteiger partial charge on any atom is -0.493 e. The fourth-order valence-corrected chi connectivity index (χ4v) is 2.75. The van der Waals surface area contributed by atoms with Gasteiger partial charge in [0.25, 0.3) is 5.91 Å². The molecular formula is C18H19F2NO5. The number of amides is 1. The van der Waals surface area contributed by atoms with Gasteiger partial charge in [-0.2, -0.15) is 0 Å². The van der Waals surface area contributed by atoms with E-state index in [9.17, 15) is 18.4 Å². The van der Waals surface area contributed by atoms with Gasteiger partial charge < -0.3 is 24.4 Å². The average Bonchev–Trinajstić information content (AvgIpc) is 3.34. The Morgan fingerprint density at radius 2 is 2.19 bits per heavy atom. The molecule has 1 aliphatic carbocycles. The molecule has 140 valence electrons. The standard InChI is InChI=1S/C18H19F2NO5/c1-10-15(16(24)21-11(7-22)8-23)13-6-12(2-3-14(13)26-10)25-9-18(4-5-18)17(19)20/h2-3,6-7,11,17,23H,4-5,8-9H2,1H3,(H,21,24). The number of furan rings is 1. The van der Waals surface area contributed by atoms with Crippen LogP contribution >= 0.6 is 0 Å². The number of benzene rings is 1. The number of fused-ring (bicyclic) bond motifs is 1. The Labute approximate surface area is 148 Å². The summed E-state index contributed by atoms with van der Waals surface area (Å²) in [7, 11) is 0. The first-order chi connectivity index (χ1) is 12.4. The van der Waals surface area contributed by atoms with Crippen molar-refractivity contribution in [3.8, 4) is 5.75 Å². The molecule has 0 radical (unpaired) electrons. The van der Waals surface area contributed by atoms with Gasteiger partial charge in [0, 0.05) is 5.39 Å². The van der Waals surface area contributed by atoms with Crippen molar-refractivity contribution in [3.63, 3.8) is 0 Å². The SMILES string of the molecule is Cc1oc2ccc(OCC3(C(F)F)CC3)cc2c1C(=O)NC(C=O)CO. The number of alkyl halides is 2. The number of hydrogen-bond acceptors (Lipinski definition) is 5. The Balaban J connectivity index is 1.84. The number of nitrogens with one attached hydrogen (secondary N) is 1. The van der Waals surface area contributed by atoms with E-state index in [1.165, 1.54) is 0 Å². The van der Waals surface area contributed by atoms with Crippen LogP contribution in [0.25, 0.3) is 11.0 Å². The molecule has 6 nitrogen and oxygen atoms in total. The van der Waals surface area contributed by atoms with E-state index in [4.69, 9.17) is 14.3 Å². The maximum Gasteiger partial charge on any atom is 0.256 e. The molecule has 1 unspecified atom stereocenters. The van der Waals surface area contributed by atoms with Crippen LogP contribution in [0.15, 0.2) is 22.6 Å². The number of rotatable bonds is 8. The van der Waals surface area contributed by atoms with Gasteiger partial charge in [0.1, 0.15) is 29.4 Å². The molecule has 26 heavy (non-hydrogen) atoms. The molecule has 0 aliphatic heterocycles. The Kier molecular flexibility index (Phi) is 4.95. The predicted octanol–water partition coefficient (Wildman–Crippen LogP) is 2.45. The highest BCUT2D eigenvalue weighted by Gasteiger charge is 2.52. The second-order valence-corrected chi connectivity index (χ2v) is 6.54. The van der Waals surface area contributed by atoms with Crippen molar-refractivity contribution in [2.45, 2.75) is 32.2 Å². The van der Waals surface area contributed by atoms with Gasteiger partial charge in [0.05, 0.1) is 24.2 Å². The molecule has 8 heteroatoms. The van der Waals surface area contributed by atoms with Crippen LogP contribution < -0.4 is 10.1 Å². The molecule has 1 amide bonds. The lowest BCUT2D eigenvalue weighted by Crippen LogP contribution is -2.38. The number of aliphatic hydroxyl groups is 1. The van der Waals surface area contributed by atoms with Crippen LogP contribution in [0.2, 0.25) is 0 Å². The maximum absolute atomic E-state index is 13.0. The molecule has 1 fully saturated rings. The van der Waals surface area contributed by atoms with Crippen LogP contribution in [-0.4, -0.2) is 43.0 Å². The summed E-state index contributed by atoms with van der Waals surface area (Å²) in [6.07, 6.45) is -1.13. The fourth-order valence-electron chi connectivity index (χ4n) is 2.75. The van der Waals surface area contributed by atoms with Gasteiger partial charge in [-0.15, -0.1) is 0 Å². The van der Waals surface area contributed by atoms with Gasteiger partial charge in [0.2, 0.25) is 6.43 Å². The van der Waals surface area contributed by atoms with Crippen molar-refractivity contribution < 1.29 is 32.6 Å². The van der Waals surface area contributed by atoms with Gasteiger partial charge in [-0.1, -0.05) is 0 Å². The van der Waals surface area contributed by atoms with Gasteiger partial charge >= 0.3 is 0 Å². The highest BCUT2D eigenvalue weighted by atomic mass is 19.3. The number of aliphatic hydroxyl groups excluding tert-OH is 1. The minimum absolute atomic E-state index is 0.0910. The maximum atomic E-state index is 13.0. The van der Waals surface area contributed by atoms with Crippen molar-refractivity contribution in [3.05, 3.63) is 29.5 Å². The molecular weight excluding hydrogens is 348 g/mol. The highest BCUT2D eigenvalue weighted by Crippen LogP contribution is 2.50. The third-order valence-electron chi connectivity index (χ3n) is 4.62. The minimum atomic E-state index is -2.43. The number of aldehydes is 1. The summed E-state index contributed by atoms with van der Waals surface area (Å²) in [5, 5.41) is 11.9. The molecule has 2 aromatic rings. The first-order valence-corrected chi connectivity index (χ1v) is 8.21. The number of ether oxygens (including phenoxy) is 1. The Hall–Kier alpha value is -2.48. The Morgan fingerprint density at radius 1 is 1.46 bits per heavy atom. The molecule has 1 aromatic heterocycles. The molecule has 0 bridgehead atoms. The summed E-state index contributed by atoms with van der Waals surface area (Å²) in [5.74, 6) is 0.118. The third kappa shape index (κ3) is 3.41. The van der Waals surface area contributed by atoms with Crippen molar-refractivity contribution in [1.29, 1.82) is 0 Å². The zero-order chi connectivity index (χ0) is 18.9. The summed E-state index contributed by atoms with van der Waals surface area (Å²) in [6, 6.07) is 3.72. The van der Waals surface area contributed by atoms with Gasteiger partial charge in [-0.3, -0.25) is 4.79 Å². The fraction of sp³-hybridized carbons (Fsp3) is 0.444. The van der Waals surface area contributed by atoms with E-state index in [0.29, 0.717) is 41.6 Å². The molecule has 1 atom stereocenters.